The van der Waals surface area contributed by atoms with Crippen molar-refractivity contribution in [1.29, 1.82) is 0 Å². The summed E-state index contributed by atoms with van der Waals surface area (Å²) in [5.74, 6) is -1.07. The van der Waals surface area contributed by atoms with Crippen molar-refractivity contribution in [2.24, 2.45) is 0 Å². The first-order valence-electron chi connectivity index (χ1n) is 6.61. The van der Waals surface area contributed by atoms with Crippen molar-refractivity contribution < 1.29 is 19.1 Å². The molecule has 2 rings (SSSR count). The molecule has 0 aliphatic carbocycles. The topological polar surface area (TPSA) is 62.9 Å². The largest absolute Gasteiger partial charge is 0.475 e. The van der Waals surface area contributed by atoms with Gasteiger partial charge >= 0.3 is 5.97 Å². The molecule has 0 amide bonds. The van der Waals surface area contributed by atoms with Gasteiger partial charge in [0, 0.05) is 25.6 Å². The Hall–Kier alpha value is -1.85. The van der Waals surface area contributed by atoms with E-state index < -0.39 is 5.97 Å². The SMILES string of the molecule is CCN(CCOC)Cc1ccc2oc(C(=O)O)cc2c1. The summed E-state index contributed by atoms with van der Waals surface area (Å²) in [6, 6.07) is 7.32. The van der Waals surface area contributed by atoms with Crippen molar-refractivity contribution >= 4 is 16.9 Å². The molecule has 0 bridgehead atoms. The highest BCUT2D eigenvalue weighted by molar-refractivity contribution is 5.91. The average molecular weight is 277 g/mol. The molecule has 20 heavy (non-hydrogen) atoms. The number of ether oxygens (including phenoxy) is 1. The summed E-state index contributed by atoms with van der Waals surface area (Å²) < 4.78 is 10.3. The van der Waals surface area contributed by atoms with Crippen LogP contribution in [0.25, 0.3) is 11.0 Å². The van der Waals surface area contributed by atoms with E-state index in [-0.39, 0.29) is 5.76 Å². The molecule has 5 nitrogen and oxygen atoms in total. The normalized spacial score (nSPS) is 11.3. The molecule has 0 fully saturated rings. The van der Waals surface area contributed by atoms with Crippen LogP contribution < -0.4 is 0 Å². The Balaban J connectivity index is 2.16. The highest BCUT2D eigenvalue weighted by atomic mass is 16.5. The van der Waals surface area contributed by atoms with Gasteiger partial charge in [-0.15, -0.1) is 0 Å². The maximum atomic E-state index is 10.9. The zero-order valence-electron chi connectivity index (χ0n) is 11.8. The van der Waals surface area contributed by atoms with Gasteiger partial charge in [0.25, 0.3) is 0 Å². The molecule has 108 valence electrons. The van der Waals surface area contributed by atoms with E-state index in [1.54, 1.807) is 13.2 Å². The van der Waals surface area contributed by atoms with Crippen molar-refractivity contribution in [3.05, 3.63) is 35.6 Å². The lowest BCUT2D eigenvalue weighted by atomic mass is 10.1. The van der Waals surface area contributed by atoms with Crippen LogP contribution in [-0.4, -0.2) is 42.8 Å². The number of methoxy groups -OCH3 is 1. The van der Waals surface area contributed by atoms with E-state index in [9.17, 15) is 4.79 Å². The molecular weight excluding hydrogens is 258 g/mol. The first-order chi connectivity index (χ1) is 9.63. The quantitative estimate of drug-likeness (QED) is 0.842. The summed E-state index contributed by atoms with van der Waals surface area (Å²) in [6.45, 7) is 5.42. The molecule has 0 atom stereocenters. The monoisotopic (exact) mass is 277 g/mol. The number of hydrogen-bond donors (Lipinski definition) is 1. The third-order valence-corrected chi connectivity index (χ3v) is 3.26. The Morgan fingerprint density at radius 3 is 2.85 bits per heavy atom. The van der Waals surface area contributed by atoms with Crippen molar-refractivity contribution in [2.45, 2.75) is 13.5 Å². The van der Waals surface area contributed by atoms with E-state index in [1.165, 1.54) is 0 Å². The summed E-state index contributed by atoms with van der Waals surface area (Å²) in [5.41, 5.74) is 1.74. The molecule has 0 unspecified atom stereocenters. The number of carboxylic acid groups (broad SMARTS) is 1. The standard InChI is InChI=1S/C15H19NO4/c1-3-16(6-7-19-2)10-11-4-5-13-12(8-11)9-14(20-13)15(17)18/h4-5,8-9H,3,6-7,10H2,1-2H3,(H,17,18). The van der Waals surface area contributed by atoms with Gasteiger partial charge in [0.05, 0.1) is 6.61 Å². The van der Waals surface area contributed by atoms with E-state index in [0.717, 1.165) is 30.6 Å². The number of carbonyl (C=O) groups is 1. The lowest BCUT2D eigenvalue weighted by molar-refractivity contribution is 0.0665. The van der Waals surface area contributed by atoms with Crippen LogP contribution in [0.5, 0.6) is 0 Å². The van der Waals surface area contributed by atoms with Gasteiger partial charge in [-0.05, 0) is 30.3 Å². The van der Waals surface area contributed by atoms with Gasteiger partial charge in [0.15, 0.2) is 0 Å². The molecule has 5 heteroatoms. The summed E-state index contributed by atoms with van der Waals surface area (Å²) in [5, 5.41) is 9.74. The smallest absolute Gasteiger partial charge is 0.371 e. The molecule has 1 heterocycles. The summed E-state index contributed by atoms with van der Waals surface area (Å²) in [6.07, 6.45) is 0. The van der Waals surface area contributed by atoms with Crippen LogP contribution in [0.4, 0.5) is 0 Å². The minimum Gasteiger partial charge on any atom is -0.475 e. The van der Waals surface area contributed by atoms with Gasteiger partial charge in [0.2, 0.25) is 5.76 Å². The van der Waals surface area contributed by atoms with E-state index in [0.29, 0.717) is 12.2 Å². The highest BCUT2D eigenvalue weighted by Gasteiger charge is 2.11. The maximum absolute atomic E-state index is 10.9. The van der Waals surface area contributed by atoms with Crippen molar-refractivity contribution in [3.8, 4) is 0 Å². The average Bonchev–Trinajstić information content (AvgIpc) is 2.86. The van der Waals surface area contributed by atoms with Crippen LogP contribution in [0.2, 0.25) is 0 Å². The van der Waals surface area contributed by atoms with Gasteiger partial charge < -0.3 is 14.3 Å². The molecule has 0 aliphatic rings. The minimum absolute atomic E-state index is 0.0242. The second kappa shape index (κ2) is 6.54. The lowest BCUT2D eigenvalue weighted by Gasteiger charge is -2.19. The fraction of sp³-hybridized carbons (Fsp3) is 0.400. The number of fused-ring (bicyclic) bond motifs is 1. The summed E-state index contributed by atoms with van der Waals surface area (Å²) in [7, 11) is 1.69. The highest BCUT2D eigenvalue weighted by Crippen LogP contribution is 2.21. The Morgan fingerprint density at radius 2 is 2.20 bits per heavy atom. The number of rotatable bonds is 7. The van der Waals surface area contributed by atoms with Crippen molar-refractivity contribution in [3.63, 3.8) is 0 Å². The fourth-order valence-electron chi connectivity index (χ4n) is 2.12. The molecule has 1 aromatic carbocycles. The van der Waals surface area contributed by atoms with Gasteiger partial charge in [-0.1, -0.05) is 13.0 Å². The van der Waals surface area contributed by atoms with Gasteiger partial charge in [-0.3, -0.25) is 4.90 Å². The van der Waals surface area contributed by atoms with Crippen LogP contribution in [0.3, 0.4) is 0 Å². The molecule has 1 aromatic heterocycles. The predicted molar refractivity (Wildman–Crippen MR) is 76.0 cm³/mol. The molecule has 0 spiro atoms. The second-order valence-corrected chi connectivity index (χ2v) is 4.65. The van der Waals surface area contributed by atoms with Gasteiger partial charge in [0.1, 0.15) is 5.58 Å². The van der Waals surface area contributed by atoms with Crippen molar-refractivity contribution in [2.75, 3.05) is 26.8 Å². The van der Waals surface area contributed by atoms with Gasteiger partial charge in [-0.2, -0.15) is 0 Å². The number of likely N-dealkylation sites (N-methyl/N-ethyl adjacent to an activating group) is 1. The molecule has 1 N–H and O–H groups in total. The zero-order valence-corrected chi connectivity index (χ0v) is 11.8. The third kappa shape index (κ3) is 3.37. The maximum Gasteiger partial charge on any atom is 0.371 e. The van der Waals surface area contributed by atoms with Crippen LogP contribution in [0.15, 0.2) is 28.7 Å². The Morgan fingerprint density at radius 1 is 1.40 bits per heavy atom. The zero-order chi connectivity index (χ0) is 14.5. The molecule has 0 radical (unpaired) electrons. The van der Waals surface area contributed by atoms with E-state index in [1.807, 2.05) is 18.2 Å². The second-order valence-electron chi connectivity index (χ2n) is 4.65. The van der Waals surface area contributed by atoms with Crippen LogP contribution in [0.1, 0.15) is 23.0 Å². The van der Waals surface area contributed by atoms with Crippen LogP contribution in [-0.2, 0) is 11.3 Å². The van der Waals surface area contributed by atoms with Crippen LogP contribution in [0, 0.1) is 0 Å². The van der Waals surface area contributed by atoms with E-state index in [2.05, 4.69) is 11.8 Å². The number of aromatic carboxylic acids is 1. The molecule has 2 aromatic rings. The Bertz CT molecular complexity index is 591. The molecular formula is C15H19NO4. The minimum atomic E-state index is -1.04. The van der Waals surface area contributed by atoms with E-state index >= 15 is 0 Å². The lowest BCUT2D eigenvalue weighted by Crippen LogP contribution is -2.26. The Kier molecular flexibility index (Phi) is 4.76. The van der Waals surface area contributed by atoms with Gasteiger partial charge in [-0.25, -0.2) is 4.79 Å². The number of furan rings is 1. The number of nitrogens with zero attached hydrogens (tertiary/aromatic N) is 1. The number of carboxylic acids is 1. The summed E-state index contributed by atoms with van der Waals surface area (Å²) in [4.78, 5) is 13.1. The predicted octanol–water partition coefficient (Wildman–Crippen LogP) is 2.60. The first-order valence-corrected chi connectivity index (χ1v) is 6.61. The first kappa shape index (κ1) is 14.6. The van der Waals surface area contributed by atoms with Crippen LogP contribution >= 0.6 is 0 Å². The molecule has 0 saturated heterocycles. The van der Waals surface area contributed by atoms with E-state index in [4.69, 9.17) is 14.3 Å². The number of benzene rings is 1. The Labute approximate surface area is 117 Å². The fourth-order valence-corrected chi connectivity index (χ4v) is 2.12. The summed E-state index contributed by atoms with van der Waals surface area (Å²) >= 11 is 0. The van der Waals surface area contributed by atoms with Crippen molar-refractivity contribution in [1.82, 2.24) is 4.90 Å². The number of hydrogen-bond acceptors (Lipinski definition) is 4. The molecule has 0 saturated carbocycles. The third-order valence-electron chi connectivity index (χ3n) is 3.26. The molecule has 0 aliphatic heterocycles.